The summed E-state index contributed by atoms with van der Waals surface area (Å²) in [7, 11) is 0. The lowest BCUT2D eigenvalue weighted by Gasteiger charge is -2.12. The van der Waals surface area contributed by atoms with Crippen molar-refractivity contribution in [1.29, 1.82) is 0 Å². The van der Waals surface area contributed by atoms with E-state index in [4.69, 9.17) is 4.74 Å². The lowest BCUT2D eigenvalue weighted by atomic mass is 10.0. The number of pyridine rings is 1. The molecule has 1 heterocycles. The van der Waals surface area contributed by atoms with E-state index in [-0.39, 0.29) is 0 Å². The predicted octanol–water partition coefficient (Wildman–Crippen LogP) is 4.85. The maximum atomic E-state index is 6.03. The number of para-hydroxylation sites is 1. The highest BCUT2D eigenvalue weighted by molar-refractivity contribution is 5.70. The highest BCUT2D eigenvalue weighted by Gasteiger charge is 2.07. The third-order valence-corrected chi connectivity index (χ3v) is 3.15. The van der Waals surface area contributed by atoms with Crippen molar-refractivity contribution < 1.29 is 4.74 Å². The number of aromatic nitrogens is 1. The molecule has 0 aliphatic carbocycles. The van der Waals surface area contributed by atoms with Gasteiger partial charge in [0, 0.05) is 11.8 Å². The Morgan fingerprint density at radius 1 is 0.750 bits per heavy atom. The molecule has 98 valence electrons. The van der Waals surface area contributed by atoms with Gasteiger partial charge in [-0.2, -0.15) is 0 Å². The van der Waals surface area contributed by atoms with Crippen LogP contribution in [0.15, 0.2) is 72.9 Å². The Labute approximate surface area is 118 Å². The van der Waals surface area contributed by atoms with E-state index in [0.29, 0.717) is 0 Å². The molecule has 0 fully saturated rings. The first-order valence-corrected chi connectivity index (χ1v) is 6.58. The Morgan fingerprint density at radius 2 is 1.45 bits per heavy atom. The quantitative estimate of drug-likeness (QED) is 0.672. The summed E-state index contributed by atoms with van der Waals surface area (Å²) in [4.78, 5) is 4.25. The predicted molar refractivity (Wildman–Crippen MR) is 80.9 cm³/mol. The Hall–Kier alpha value is -2.61. The summed E-state index contributed by atoms with van der Waals surface area (Å²) in [5, 5.41) is 0. The minimum atomic E-state index is 0.788. The van der Waals surface area contributed by atoms with Gasteiger partial charge in [-0.3, -0.25) is 4.98 Å². The molecule has 2 heteroatoms. The molecule has 2 aromatic carbocycles. The molecule has 0 aliphatic heterocycles. The molecule has 20 heavy (non-hydrogen) atoms. The van der Waals surface area contributed by atoms with Crippen molar-refractivity contribution in [2.24, 2.45) is 0 Å². The van der Waals surface area contributed by atoms with E-state index >= 15 is 0 Å². The van der Waals surface area contributed by atoms with E-state index in [2.05, 4.69) is 23.2 Å². The third-order valence-electron chi connectivity index (χ3n) is 3.15. The molecule has 0 saturated heterocycles. The summed E-state index contributed by atoms with van der Waals surface area (Å²) in [6.07, 6.45) is 1.77. The molecule has 0 N–H and O–H groups in total. The molecule has 0 radical (unpaired) electrons. The van der Waals surface area contributed by atoms with Crippen LogP contribution in [0.5, 0.6) is 11.5 Å². The first-order valence-electron chi connectivity index (χ1n) is 6.58. The van der Waals surface area contributed by atoms with Gasteiger partial charge in [0.1, 0.15) is 11.5 Å². The van der Waals surface area contributed by atoms with Gasteiger partial charge in [0.15, 0.2) is 0 Å². The van der Waals surface area contributed by atoms with Crippen molar-refractivity contribution in [1.82, 2.24) is 4.98 Å². The molecule has 0 aliphatic rings. The maximum Gasteiger partial charge on any atom is 0.148 e. The van der Waals surface area contributed by atoms with Crippen LogP contribution < -0.4 is 4.74 Å². The zero-order valence-corrected chi connectivity index (χ0v) is 11.3. The van der Waals surface area contributed by atoms with Gasteiger partial charge in [-0.1, -0.05) is 48.5 Å². The highest BCUT2D eigenvalue weighted by atomic mass is 16.5. The lowest BCUT2D eigenvalue weighted by Crippen LogP contribution is -1.91. The van der Waals surface area contributed by atoms with E-state index < -0.39 is 0 Å². The molecule has 0 saturated carbocycles. The highest BCUT2D eigenvalue weighted by Crippen LogP contribution is 2.33. The van der Waals surface area contributed by atoms with Gasteiger partial charge in [0.05, 0.1) is 5.69 Å². The second kappa shape index (κ2) is 5.57. The average Bonchev–Trinajstić information content (AvgIpc) is 2.51. The number of benzene rings is 2. The summed E-state index contributed by atoms with van der Waals surface area (Å²) < 4.78 is 6.03. The maximum absolute atomic E-state index is 6.03. The van der Waals surface area contributed by atoms with Gasteiger partial charge in [-0.15, -0.1) is 0 Å². The van der Waals surface area contributed by atoms with Gasteiger partial charge in [-0.05, 0) is 30.7 Å². The first-order chi connectivity index (χ1) is 9.84. The van der Waals surface area contributed by atoms with Gasteiger partial charge in [-0.25, -0.2) is 0 Å². The Kier molecular flexibility index (Phi) is 3.46. The van der Waals surface area contributed by atoms with E-state index in [1.807, 2.05) is 55.5 Å². The van der Waals surface area contributed by atoms with Crippen LogP contribution in [0.4, 0.5) is 0 Å². The van der Waals surface area contributed by atoms with Crippen LogP contribution in [-0.4, -0.2) is 4.98 Å². The molecule has 0 amide bonds. The summed E-state index contributed by atoms with van der Waals surface area (Å²) in [5.41, 5.74) is 3.11. The van der Waals surface area contributed by atoms with Gasteiger partial charge < -0.3 is 4.74 Å². The number of nitrogens with zero attached hydrogens (tertiary/aromatic N) is 1. The SMILES string of the molecule is Cc1ncccc1Oc1ccccc1-c1ccccc1. The molecular weight excluding hydrogens is 246 g/mol. The van der Waals surface area contributed by atoms with E-state index in [1.54, 1.807) is 6.20 Å². The fourth-order valence-corrected chi connectivity index (χ4v) is 2.11. The van der Waals surface area contributed by atoms with Crippen LogP contribution in [0.2, 0.25) is 0 Å². The fourth-order valence-electron chi connectivity index (χ4n) is 2.11. The Morgan fingerprint density at radius 3 is 2.25 bits per heavy atom. The normalized spacial score (nSPS) is 10.2. The van der Waals surface area contributed by atoms with Crippen LogP contribution in [0.3, 0.4) is 0 Å². The van der Waals surface area contributed by atoms with Gasteiger partial charge in [0.25, 0.3) is 0 Å². The molecule has 3 aromatic rings. The second-order valence-corrected chi connectivity index (χ2v) is 4.55. The number of hydrogen-bond donors (Lipinski definition) is 0. The van der Waals surface area contributed by atoms with Crippen molar-refractivity contribution in [3.05, 3.63) is 78.6 Å². The molecule has 0 atom stereocenters. The van der Waals surface area contributed by atoms with Crippen molar-refractivity contribution in [3.8, 4) is 22.6 Å². The Balaban J connectivity index is 2.01. The molecule has 0 spiro atoms. The Bertz CT molecular complexity index is 707. The largest absolute Gasteiger partial charge is 0.455 e. The van der Waals surface area contributed by atoms with Crippen molar-refractivity contribution in [2.45, 2.75) is 6.92 Å². The minimum absolute atomic E-state index is 0.788. The minimum Gasteiger partial charge on any atom is -0.455 e. The monoisotopic (exact) mass is 261 g/mol. The van der Waals surface area contributed by atoms with E-state index in [1.165, 1.54) is 0 Å². The van der Waals surface area contributed by atoms with Gasteiger partial charge >= 0.3 is 0 Å². The van der Waals surface area contributed by atoms with Crippen LogP contribution in [0, 0.1) is 6.92 Å². The van der Waals surface area contributed by atoms with E-state index in [0.717, 1.165) is 28.3 Å². The molecule has 0 bridgehead atoms. The molecule has 0 unspecified atom stereocenters. The van der Waals surface area contributed by atoms with Crippen LogP contribution in [0.25, 0.3) is 11.1 Å². The van der Waals surface area contributed by atoms with Crippen molar-refractivity contribution in [3.63, 3.8) is 0 Å². The standard InChI is InChI=1S/C18H15NO/c1-14-17(12-7-13-19-14)20-18-11-6-5-10-16(18)15-8-3-2-4-9-15/h2-13H,1H3. The molecule has 1 aromatic heterocycles. The summed E-state index contributed by atoms with van der Waals surface area (Å²) in [6, 6.07) is 22.1. The van der Waals surface area contributed by atoms with Gasteiger partial charge in [0.2, 0.25) is 0 Å². The van der Waals surface area contributed by atoms with Crippen LogP contribution in [0.1, 0.15) is 5.69 Å². The van der Waals surface area contributed by atoms with Crippen LogP contribution >= 0.6 is 0 Å². The fraction of sp³-hybridized carbons (Fsp3) is 0.0556. The molecule has 3 rings (SSSR count). The number of ether oxygens (including phenoxy) is 1. The summed E-state index contributed by atoms with van der Waals surface area (Å²) in [5.74, 6) is 1.63. The first kappa shape index (κ1) is 12.4. The number of rotatable bonds is 3. The summed E-state index contributed by atoms with van der Waals surface area (Å²) >= 11 is 0. The zero-order valence-electron chi connectivity index (χ0n) is 11.3. The smallest absolute Gasteiger partial charge is 0.148 e. The average molecular weight is 261 g/mol. The van der Waals surface area contributed by atoms with E-state index in [9.17, 15) is 0 Å². The zero-order chi connectivity index (χ0) is 13.8. The molecule has 2 nitrogen and oxygen atoms in total. The second-order valence-electron chi connectivity index (χ2n) is 4.55. The topological polar surface area (TPSA) is 22.1 Å². The van der Waals surface area contributed by atoms with Crippen molar-refractivity contribution in [2.75, 3.05) is 0 Å². The lowest BCUT2D eigenvalue weighted by molar-refractivity contribution is 0.477. The summed E-state index contributed by atoms with van der Waals surface area (Å²) in [6.45, 7) is 1.94. The van der Waals surface area contributed by atoms with Crippen molar-refractivity contribution >= 4 is 0 Å². The van der Waals surface area contributed by atoms with Crippen LogP contribution in [-0.2, 0) is 0 Å². The third kappa shape index (κ3) is 2.54. The molecular formula is C18H15NO. The number of hydrogen-bond acceptors (Lipinski definition) is 2. The number of aryl methyl sites for hydroxylation is 1.